The third-order valence-corrected chi connectivity index (χ3v) is 9.19. The Morgan fingerprint density at radius 1 is 0.300 bits per heavy atom. The van der Waals surface area contributed by atoms with Crippen molar-refractivity contribution in [1.82, 2.24) is 19.9 Å². The Bertz CT molecular complexity index is 2610. The molecule has 50 heavy (non-hydrogen) atoms. The predicted octanol–water partition coefficient (Wildman–Crippen LogP) is 11.6. The van der Waals surface area contributed by atoms with Crippen LogP contribution >= 0.6 is 0 Å². The lowest BCUT2D eigenvalue weighted by atomic mass is 9.98. The van der Waals surface area contributed by atoms with Gasteiger partial charge < -0.3 is 0 Å². The molecule has 0 amide bonds. The summed E-state index contributed by atoms with van der Waals surface area (Å²) in [6.45, 7) is 0. The van der Waals surface area contributed by atoms with Crippen LogP contribution in [0.5, 0.6) is 0 Å². The monoisotopic (exact) mass is 638 g/mol. The fourth-order valence-corrected chi connectivity index (χ4v) is 6.64. The summed E-state index contributed by atoms with van der Waals surface area (Å²) in [7, 11) is 0. The van der Waals surface area contributed by atoms with E-state index in [2.05, 4.69) is 140 Å². The molecule has 4 nitrogen and oxygen atoms in total. The molecule has 0 unspecified atom stereocenters. The van der Waals surface area contributed by atoms with Gasteiger partial charge in [0.05, 0.1) is 16.9 Å². The molecule has 4 heteroatoms. The van der Waals surface area contributed by atoms with Crippen LogP contribution in [0.2, 0.25) is 0 Å². The summed E-state index contributed by atoms with van der Waals surface area (Å²) in [4.78, 5) is 20.3. The van der Waals surface area contributed by atoms with Gasteiger partial charge in [-0.25, -0.2) is 19.9 Å². The quantitative estimate of drug-likeness (QED) is 0.182. The van der Waals surface area contributed by atoms with Gasteiger partial charge in [0.2, 0.25) is 0 Å². The van der Waals surface area contributed by atoms with Crippen molar-refractivity contribution in [3.05, 3.63) is 182 Å². The van der Waals surface area contributed by atoms with Gasteiger partial charge in [-0.05, 0) is 33.5 Å². The van der Waals surface area contributed by atoms with Crippen molar-refractivity contribution < 1.29 is 0 Å². The van der Waals surface area contributed by atoms with Crippen LogP contribution in [-0.4, -0.2) is 19.9 Å². The summed E-state index contributed by atoms with van der Waals surface area (Å²) in [5, 5.41) is 3.31. The van der Waals surface area contributed by atoms with Crippen molar-refractivity contribution >= 4 is 21.7 Å². The largest absolute Gasteiger partial charge is 0.236 e. The average molecular weight is 639 g/mol. The molecule has 0 spiro atoms. The van der Waals surface area contributed by atoms with E-state index in [1.54, 1.807) is 0 Å². The van der Waals surface area contributed by atoms with Gasteiger partial charge in [0, 0.05) is 39.4 Å². The molecule has 0 fully saturated rings. The highest BCUT2D eigenvalue weighted by Gasteiger charge is 2.16. The fourth-order valence-electron chi connectivity index (χ4n) is 6.64. The van der Waals surface area contributed by atoms with Crippen molar-refractivity contribution in [2.24, 2.45) is 0 Å². The van der Waals surface area contributed by atoms with E-state index in [9.17, 15) is 0 Å². The normalized spacial score (nSPS) is 11.2. The van der Waals surface area contributed by atoms with E-state index < -0.39 is 0 Å². The second-order valence-electron chi connectivity index (χ2n) is 12.3. The lowest BCUT2D eigenvalue weighted by molar-refractivity contribution is 1.18. The average Bonchev–Trinajstić information content (AvgIpc) is 3.21. The zero-order valence-electron chi connectivity index (χ0n) is 27.1. The number of fused-ring (bicyclic) bond motifs is 2. The summed E-state index contributed by atoms with van der Waals surface area (Å²) in [6.07, 6.45) is 1.95. The summed E-state index contributed by atoms with van der Waals surface area (Å²) >= 11 is 0. The number of rotatable bonds is 6. The molecule has 0 aliphatic heterocycles. The van der Waals surface area contributed by atoms with Crippen LogP contribution in [-0.2, 0) is 0 Å². The van der Waals surface area contributed by atoms with E-state index in [0.29, 0.717) is 11.6 Å². The van der Waals surface area contributed by atoms with Crippen LogP contribution in [0, 0.1) is 0 Å². The maximum atomic E-state index is 5.22. The van der Waals surface area contributed by atoms with Crippen LogP contribution in [0.4, 0.5) is 0 Å². The predicted molar refractivity (Wildman–Crippen MR) is 205 cm³/mol. The Balaban J connectivity index is 1.13. The van der Waals surface area contributed by atoms with Crippen molar-refractivity contribution in [2.75, 3.05) is 0 Å². The summed E-state index contributed by atoms with van der Waals surface area (Å²) in [6, 6.07) is 60.7. The molecule has 2 aromatic heterocycles. The van der Waals surface area contributed by atoms with Crippen LogP contribution in [0.3, 0.4) is 0 Å². The number of hydrogen-bond donors (Lipinski definition) is 0. The smallest absolute Gasteiger partial charge is 0.160 e. The molecule has 9 aromatic rings. The standard InChI is InChI=1S/C46H30N4/c1-3-12-31(13-4-1)32-22-24-35(25-23-32)43-40-19-9-10-21-42(40)48-45(49-43)37-28-26-36(27-29-37)44-41(34-14-5-2-6-15-34)30-47-46(50-44)39-20-11-17-33-16-7-8-18-38(33)39/h1-30H. The van der Waals surface area contributed by atoms with Gasteiger partial charge >= 0.3 is 0 Å². The van der Waals surface area contributed by atoms with E-state index in [-0.39, 0.29) is 0 Å². The minimum Gasteiger partial charge on any atom is -0.236 e. The molecule has 9 rings (SSSR count). The van der Waals surface area contributed by atoms with E-state index in [4.69, 9.17) is 19.9 Å². The van der Waals surface area contributed by atoms with E-state index in [1.165, 1.54) is 11.1 Å². The van der Waals surface area contributed by atoms with Gasteiger partial charge in [-0.1, -0.05) is 170 Å². The van der Waals surface area contributed by atoms with Gasteiger partial charge in [0.25, 0.3) is 0 Å². The van der Waals surface area contributed by atoms with Crippen molar-refractivity contribution in [2.45, 2.75) is 0 Å². The molecule has 0 radical (unpaired) electrons. The second kappa shape index (κ2) is 12.7. The Morgan fingerprint density at radius 2 is 0.840 bits per heavy atom. The second-order valence-corrected chi connectivity index (χ2v) is 12.3. The zero-order chi connectivity index (χ0) is 33.3. The lowest BCUT2D eigenvalue weighted by Gasteiger charge is -2.13. The lowest BCUT2D eigenvalue weighted by Crippen LogP contribution is -1.97. The van der Waals surface area contributed by atoms with Gasteiger partial charge in [0.1, 0.15) is 0 Å². The molecule has 234 valence electrons. The minimum absolute atomic E-state index is 0.680. The van der Waals surface area contributed by atoms with Gasteiger partial charge in [-0.2, -0.15) is 0 Å². The van der Waals surface area contributed by atoms with Crippen LogP contribution in [0.1, 0.15) is 0 Å². The number of hydrogen-bond acceptors (Lipinski definition) is 4. The molecule has 0 saturated heterocycles. The minimum atomic E-state index is 0.680. The van der Waals surface area contributed by atoms with Gasteiger partial charge in [-0.15, -0.1) is 0 Å². The fraction of sp³-hybridized carbons (Fsp3) is 0. The Hall–Kier alpha value is -6.78. The van der Waals surface area contributed by atoms with Crippen LogP contribution in [0.15, 0.2) is 182 Å². The first-order valence-electron chi connectivity index (χ1n) is 16.7. The third-order valence-electron chi connectivity index (χ3n) is 9.19. The molecule has 0 saturated carbocycles. The number of nitrogens with zero attached hydrogens (tertiary/aromatic N) is 4. The summed E-state index contributed by atoms with van der Waals surface area (Å²) < 4.78 is 0. The molecule has 0 aliphatic rings. The van der Waals surface area contributed by atoms with E-state index >= 15 is 0 Å². The van der Waals surface area contributed by atoms with E-state index in [0.717, 1.165) is 66.4 Å². The molecule has 0 aliphatic carbocycles. The van der Waals surface area contributed by atoms with Crippen molar-refractivity contribution in [3.63, 3.8) is 0 Å². The number of para-hydroxylation sites is 1. The third kappa shape index (κ3) is 5.49. The van der Waals surface area contributed by atoms with Gasteiger partial charge in [0.15, 0.2) is 11.6 Å². The number of benzene rings is 7. The molecule has 2 heterocycles. The van der Waals surface area contributed by atoms with Crippen molar-refractivity contribution in [1.29, 1.82) is 0 Å². The van der Waals surface area contributed by atoms with E-state index in [1.807, 2.05) is 42.6 Å². The molecule has 0 N–H and O–H groups in total. The Labute approximate surface area is 290 Å². The zero-order valence-corrected chi connectivity index (χ0v) is 27.1. The first kappa shape index (κ1) is 29.4. The topological polar surface area (TPSA) is 51.6 Å². The molecule has 0 bridgehead atoms. The first-order chi connectivity index (χ1) is 24.8. The summed E-state index contributed by atoms with van der Waals surface area (Å²) in [5.41, 5.74) is 11.1. The highest BCUT2D eigenvalue weighted by Crippen LogP contribution is 2.36. The van der Waals surface area contributed by atoms with Crippen LogP contribution < -0.4 is 0 Å². The Morgan fingerprint density at radius 3 is 1.60 bits per heavy atom. The first-order valence-corrected chi connectivity index (χ1v) is 16.7. The maximum absolute atomic E-state index is 5.22. The molecular weight excluding hydrogens is 609 g/mol. The highest BCUT2D eigenvalue weighted by atomic mass is 14.9. The van der Waals surface area contributed by atoms with Crippen LogP contribution in [0.25, 0.3) is 89.2 Å². The highest BCUT2D eigenvalue weighted by molar-refractivity contribution is 5.96. The van der Waals surface area contributed by atoms with Gasteiger partial charge in [-0.3, -0.25) is 0 Å². The number of aromatic nitrogens is 4. The molecule has 0 atom stereocenters. The summed E-state index contributed by atoms with van der Waals surface area (Å²) in [5.74, 6) is 1.38. The molecular formula is C46H30N4. The Kier molecular flexibility index (Phi) is 7.45. The van der Waals surface area contributed by atoms with Crippen molar-refractivity contribution in [3.8, 4) is 67.5 Å². The molecule has 7 aromatic carbocycles. The SMILES string of the molecule is c1ccc(-c2ccc(-c3nc(-c4ccc(-c5nc(-c6cccc7ccccc67)ncc5-c5ccccc5)cc4)nc4ccccc34)cc2)cc1. The maximum Gasteiger partial charge on any atom is 0.160 e.